The van der Waals surface area contributed by atoms with E-state index in [4.69, 9.17) is 0 Å². The summed E-state index contributed by atoms with van der Waals surface area (Å²) in [4.78, 5) is 0. The van der Waals surface area contributed by atoms with Gasteiger partial charge in [-0.1, -0.05) is 47.1 Å². The van der Waals surface area contributed by atoms with Crippen LogP contribution in [0.1, 0.15) is 42.1 Å². The number of aryl methyl sites for hydroxylation is 3. The van der Waals surface area contributed by atoms with Gasteiger partial charge < -0.3 is 5.32 Å². The predicted octanol–water partition coefficient (Wildman–Crippen LogP) is 5.80. The van der Waals surface area contributed by atoms with Crippen molar-refractivity contribution in [3.63, 3.8) is 0 Å². The van der Waals surface area contributed by atoms with E-state index < -0.39 is 0 Å². The molecule has 0 saturated carbocycles. The molecule has 1 unspecified atom stereocenters. The third-order valence-corrected chi connectivity index (χ3v) is 4.96. The van der Waals surface area contributed by atoms with Crippen molar-refractivity contribution in [3.05, 3.63) is 63.1 Å². The van der Waals surface area contributed by atoms with Crippen molar-refractivity contribution in [3.8, 4) is 0 Å². The molecule has 0 aliphatic rings. The summed E-state index contributed by atoms with van der Waals surface area (Å²) in [5.41, 5.74) is 6.41. The zero-order valence-corrected chi connectivity index (χ0v) is 14.2. The fourth-order valence-corrected chi connectivity index (χ4v) is 2.63. The molecule has 1 atom stereocenters. The van der Waals surface area contributed by atoms with Crippen LogP contribution in [0.15, 0.2) is 40.9 Å². The zero-order chi connectivity index (χ0) is 14.7. The fourth-order valence-electron chi connectivity index (χ4n) is 2.40. The van der Waals surface area contributed by atoms with E-state index in [1.165, 1.54) is 32.4 Å². The van der Waals surface area contributed by atoms with Gasteiger partial charge in [-0.05, 0) is 61.6 Å². The van der Waals surface area contributed by atoms with Crippen molar-refractivity contribution < 1.29 is 0 Å². The van der Waals surface area contributed by atoms with E-state index >= 15 is 0 Å². The summed E-state index contributed by atoms with van der Waals surface area (Å²) < 4.78 is 1.20. The lowest BCUT2D eigenvalue weighted by molar-refractivity contribution is 0.882. The summed E-state index contributed by atoms with van der Waals surface area (Å²) in [5, 5.41) is 3.58. The molecule has 0 spiro atoms. The minimum Gasteiger partial charge on any atom is -0.379 e. The number of hydrogen-bond donors (Lipinski definition) is 1. The second kappa shape index (κ2) is 6.45. The minimum atomic E-state index is 0.306. The van der Waals surface area contributed by atoms with Crippen molar-refractivity contribution >= 4 is 21.6 Å². The molecule has 0 aliphatic carbocycles. The van der Waals surface area contributed by atoms with Gasteiger partial charge in [0.1, 0.15) is 0 Å². The quantitative estimate of drug-likeness (QED) is 0.746. The normalized spacial score (nSPS) is 12.2. The van der Waals surface area contributed by atoms with Gasteiger partial charge >= 0.3 is 0 Å². The van der Waals surface area contributed by atoms with Crippen molar-refractivity contribution in [2.75, 3.05) is 5.32 Å². The summed E-state index contributed by atoms with van der Waals surface area (Å²) in [7, 11) is 0. The molecule has 2 heteroatoms. The molecule has 20 heavy (non-hydrogen) atoms. The first-order valence-corrected chi connectivity index (χ1v) is 7.92. The Bertz CT molecular complexity index is 564. The number of anilines is 1. The van der Waals surface area contributed by atoms with Crippen molar-refractivity contribution in [1.82, 2.24) is 0 Å². The van der Waals surface area contributed by atoms with Gasteiger partial charge in [0.2, 0.25) is 0 Å². The third kappa shape index (κ3) is 3.43. The average molecular weight is 332 g/mol. The Morgan fingerprint density at radius 2 is 1.60 bits per heavy atom. The SMILES string of the molecule is CCc1ccc(C(C)Nc2cc(C)c(Br)c(C)c2)cc1. The van der Waals surface area contributed by atoms with Crippen molar-refractivity contribution in [1.29, 1.82) is 0 Å². The first kappa shape index (κ1) is 15.1. The highest BCUT2D eigenvalue weighted by molar-refractivity contribution is 9.10. The number of nitrogens with one attached hydrogen (secondary N) is 1. The number of benzene rings is 2. The zero-order valence-electron chi connectivity index (χ0n) is 12.6. The molecule has 0 bridgehead atoms. The molecule has 0 amide bonds. The summed E-state index contributed by atoms with van der Waals surface area (Å²) in [6.07, 6.45) is 1.09. The van der Waals surface area contributed by atoms with Gasteiger partial charge in [0.05, 0.1) is 0 Å². The lowest BCUT2D eigenvalue weighted by Crippen LogP contribution is -2.07. The first-order chi connectivity index (χ1) is 9.51. The van der Waals surface area contributed by atoms with E-state index in [1.807, 2.05) is 0 Å². The van der Waals surface area contributed by atoms with Gasteiger partial charge in [-0.2, -0.15) is 0 Å². The van der Waals surface area contributed by atoms with Crippen molar-refractivity contribution in [2.24, 2.45) is 0 Å². The van der Waals surface area contributed by atoms with E-state index in [9.17, 15) is 0 Å². The van der Waals surface area contributed by atoms with Gasteiger partial charge in [-0.15, -0.1) is 0 Å². The minimum absolute atomic E-state index is 0.306. The maximum Gasteiger partial charge on any atom is 0.0485 e. The van der Waals surface area contributed by atoms with E-state index in [1.54, 1.807) is 0 Å². The largest absolute Gasteiger partial charge is 0.379 e. The summed E-state index contributed by atoms with van der Waals surface area (Å²) >= 11 is 3.61. The van der Waals surface area contributed by atoms with Gasteiger partial charge in [-0.25, -0.2) is 0 Å². The summed E-state index contributed by atoms with van der Waals surface area (Å²) in [6, 6.07) is 13.5. The van der Waals surface area contributed by atoms with Crippen LogP contribution in [-0.2, 0) is 6.42 Å². The first-order valence-electron chi connectivity index (χ1n) is 7.13. The van der Waals surface area contributed by atoms with Gasteiger partial charge in [-0.3, -0.25) is 0 Å². The molecule has 0 fully saturated rings. The van der Waals surface area contributed by atoms with Crippen LogP contribution in [0, 0.1) is 13.8 Å². The second-order valence-corrected chi connectivity index (χ2v) is 6.18. The topological polar surface area (TPSA) is 12.0 Å². The molecule has 0 radical (unpaired) electrons. The van der Waals surface area contributed by atoms with Gasteiger partial charge in [0, 0.05) is 16.2 Å². The third-order valence-electron chi connectivity index (χ3n) is 3.71. The average Bonchev–Trinajstić information content (AvgIpc) is 2.44. The Balaban J connectivity index is 2.16. The Labute approximate surface area is 130 Å². The lowest BCUT2D eigenvalue weighted by Gasteiger charge is -2.18. The number of halogens is 1. The highest BCUT2D eigenvalue weighted by Gasteiger charge is 2.07. The van der Waals surface area contributed by atoms with Crippen LogP contribution in [-0.4, -0.2) is 0 Å². The maximum atomic E-state index is 3.61. The van der Waals surface area contributed by atoms with E-state index in [0.29, 0.717) is 6.04 Å². The van der Waals surface area contributed by atoms with Crippen molar-refractivity contribution in [2.45, 2.75) is 40.2 Å². The molecule has 1 nitrogen and oxygen atoms in total. The molecule has 2 rings (SSSR count). The van der Waals surface area contributed by atoms with E-state index in [0.717, 1.165) is 6.42 Å². The van der Waals surface area contributed by atoms with Crippen LogP contribution in [0.5, 0.6) is 0 Å². The summed E-state index contributed by atoms with van der Waals surface area (Å²) in [5.74, 6) is 0. The van der Waals surface area contributed by atoms with E-state index in [-0.39, 0.29) is 0 Å². The molecule has 0 aliphatic heterocycles. The highest BCUT2D eigenvalue weighted by atomic mass is 79.9. The van der Waals surface area contributed by atoms with Crippen LogP contribution < -0.4 is 5.32 Å². The second-order valence-electron chi connectivity index (χ2n) is 5.39. The van der Waals surface area contributed by atoms with Crippen LogP contribution in [0.2, 0.25) is 0 Å². The van der Waals surface area contributed by atoms with Gasteiger partial charge in [0.15, 0.2) is 0 Å². The molecule has 106 valence electrons. The maximum absolute atomic E-state index is 3.61. The molecule has 2 aromatic rings. The smallest absolute Gasteiger partial charge is 0.0485 e. The van der Waals surface area contributed by atoms with Crippen LogP contribution in [0.25, 0.3) is 0 Å². The Morgan fingerprint density at radius 3 is 2.10 bits per heavy atom. The Morgan fingerprint density at radius 1 is 1.05 bits per heavy atom. The van der Waals surface area contributed by atoms with E-state index in [2.05, 4.69) is 85.3 Å². The Hall–Kier alpha value is -1.28. The monoisotopic (exact) mass is 331 g/mol. The molecule has 0 heterocycles. The van der Waals surface area contributed by atoms with Crippen LogP contribution in [0.4, 0.5) is 5.69 Å². The number of rotatable bonds is 4. The van der Waals surface area contributed by atoms with Crippen LogP contribution in [0.3, 0.4) is 0 Å². The Kier molecular flexibility index (Phi) is 4.87. The molecular weight excluding hydrogens is 310 g/mol. The molecule has 0 aromatic heterocycles. The number of hydrogen-bond acceptors (Lipinski definition) is 1. The molecule has 1 N–H and O–H groups in total. The predicted molar refractivity (Wildman–Crippen MR) is 91.5 cm³/mol. The lowest BCUT2D eigenvalue weighted by atomic mass is 10.0. The molecule has 0 saturated heterocycles. The van der Waals surface area contributed by atoms with Gasteiger partial charge in [0.25, 0.3) is 0 Å². The molecular formula is C18H22BrN. The highest BCUT2D eigenvalue weighted by Crippen LogP contribution is 2.27. The van der Waals surface area contributed by atoms with Crippen LogP contribution >= 0.6 is 15.9 Å². The fraction of sp³-hybridized carbons (Fsp3) is 0.333. The standard InChI is InChI=1S/C18H22BrN/c1-5-15-6-8-16(9-7-15)14(4)20-17-10-12(2)18(19)13(3)11-17/h6-11,14,20H,5H2,1-4H3. The molecule has 2 aromatic carbocycles. The summed E-state index contributed by atoms with van der Waals surface area (Å²) in [6.45, 7) is 8.64.